The summed E-state index contributed by atoms with van der Waals surface area (Å²) in [4.78, 5) is 8.06. The zero-order valence-electron chi connectivity index (χ0n) is 9.60. The lowest BCUT2D eigenvalue weighted by Gasteiger charge is -2.17. The van der Waals surface area contributed by atoms with Crippen molar-refractivity contribution in [2.75, 3.05) is 12.3 Å². The van der Waals surface area contributed by atoms with Gasteiger partial charge in [-0.3, -0.25) is 0 Å². The van der Waals surface area contributed by atoms with Crippen molar-refractivity contribution >= 4 is 16.9 Å². The number of fused-ring (bicyclic) bond motifs is 1. The summed E-state index contributed by atoms with van der Waals surface area (Å²) < 4.78 is 7.29. The fraction of sp³-hybridized carbons (Fsp3) is 0.455. The van der Waals surface area contributed by atoms with Gasteiger partial charge in [-0.1, -0.05) is 0 Å². The molecule has 0 aromatic carbocycles. The van der Waals surface area contributed by atoms with Crippen LogP contribution >= 0.6 is 0 Å². The quantitative estimate of drug-likeness (QED) is 0.673. The van der Waals surface area contributed by atoms with Gasteiger partial charge >= 0.3 is 0 Å². The summed E-state index contributed by atoms with van der Waals surface area (Å²) in [5, 5.41) is 19.7. The SMILES string of the molecule is Nc1ncnc2c1ccn2C1O[C@H](CO)C[C@@H]1O. The number of nitrogens with zero attached hydrogens (tertiary/aromatic N) is 3. The van der Waals surface area contributed by atoms with Crippen LogP contribution in [0.3, 0.4) is 0 Å². The summed E-state index contributed by atoms with van der Waals surface area (Å²) in [7, 11) is 0. The number of nitrogen functional groups attached to an aromatic ring is 1. The van der Waals surface area contributed by atoms with Gasteiger partial charge in [-0.15, -0.1) is 0 Å². The maximum Gasteiger partial charge on any atom is 0.161 e. The third-order valence-electron chi connectivity index (χ3n) is 3.18. The first kappa shape index (κ1) is 11.4. The molecule has 0 amide bonds. The number of anilines is 1. The highest BCUT2D eigenvalue weighted by molar-refractivity contribution is 5.86. The van der Waals surface area contributed by atoms with Crippen molar-refractivity contribution in [3.05, 3.63) is 18.6 Å². The van der Waals surface area contributed by atoms with E-state index in [-0.39, 0.29) is 12.7 Å². The van der Waals surface area contributed by atoms with Crippen molar-refractivity contribution in [2.24, 2.45) is 0 Å². The summed E-state index contributed by atoms with van der Waals surface area (Å²) in [6, 6.07) is 1.78. The van der Waals surface area contributed by atoms with E-state index in [9.17, 15) is 5.11 Å². The van der Waals surface area contributed by atoms with Crippen LogP contribution in [0.15, 0.2) is 18.6 Å². The molecule has 0 aliphatic carbocycles. The number of nitrogens with two attached hydrogens (primary N) is 1. The molecule has 0 spiro atoms. The molecule has 1 saturated heterocycles. The van der Waals surface area contributed by atoms with Gasteiger partial charge in [0.2, 0.25) is 0 Å². The Kier molecular flexibility index (Phi) is 2.66. The van der Waals surface area contributed by atoms with E-state index >= 15 is 0 Å². The lowest BCUT2D eigenvalue weighted by molar-refractivity contribution is -0.0484. The van der Waals surface area contributed by atoms with Crippen LogP contribution in [0.4, 0.5) is 5.82 Å². The molecule has 3 heterocycles. The normalized spacial score (nSPS) is 28.0. The molecule has 96 valence electrons. The Morgan fingerprint density at radius 2 is 2.33 bits per heavy atom. The van der Waals surface area contributed by atoms with E-state index in [0.717, 1.165) is 5.39 Å². The molecular weight excluding hydrogens is 236 g/mol. The first-order chi connectivity index (χ1) is 8.70. The molecule has 4 N–H and O–H groups in total. The van der Waals surface area contributed by atoms with Gasteiger partial charge in [-0.25, -0.2) is 9.97 Å². The molecule has 1 aliphatic rings. The van der Waals surface area contributed by atoms with E-state index in [1.54, 1.807) is 16.8 Å². The molecule has 1 fully saturated rings. The second kappa shape index (κ2) is 4.20. The lowest BCUT2D eigenvalue weighted by atomic mass is 10.2. The number of aliphatic hydroxyl groups is 2. The number of aromatic nitrogens is 3. The van der Waals surface area contributed by atoms with Gasteiger partial charge in [0.05, 0.1) is 18.1 Å². The summed E-state index contributed by atoms with van der Waals surface area (Å²) in [5.74, 6) is 0.393. The first-order valence-electron chi connectivity index (χ1n) is 5.72. The van der Waals surface area contributed by atoms with Crippen molar-refractivity contribution in [1.82, 2.24) is 14.5 Å². The molecule has 0 radical (unpaired) electrons. The maximum atomic E-state index is 9.96. The number of rotatable bonds is 2. The molecule has 1 unspecified atom stereocenters. The lowest BCUT2D eigenvalue weighted by Crippen LogP contribution is -2.19. The molecule has 18 heavy (non-hydrogen) atoms. The third-order valence-corrected chi connectivity index (χ3v) is 3.18. The highest BCUT2D eigenvalue weighted by Gasteiger charge is 2.35. The van der Waals surface area contributed by atoms with Crippen LogP contribution < -0.4 is 5.73 Å². The second-order valence-electron chi connectivity index (χ2n) is 4.35. The van der Waals surface area contributed by atoms with Gasteiger partial charge in [-0.05, 0) is 6.07 Å². The van der Waals surface area contributed by atoms with Crippen LogP contribution in [0.25, 0.3) is 11.0 Å². The van der Waals surface area contributed by atoms with Crippen molar-refractivity contribution in [1.29, 1.82) is 0 Å². The average Bonchev–Trinajstić information content (AvgIpc) is 2.93. The maximum absolute atomic E-state index is 9.96. The van der Waals surface area contributed by atoms with Crippen LogP contribution in [-0.2, 0) is 4.74 Å². The first-order valence-corrected chi connectivity index (χ1v) is 5.72. The fourth-order valence-corrected chi connectivity index (χ4v) is 2.29. The minimum Gasteiger partial charge on any atom is -0.394 e. The zero-order chi connectivity index (χ0) is 12.7. The van der Waals surface area contributed by atoms with Crippen LogP contribution in [0.2, 0.25) is 0 Å². The number of hydrogen-bond donors (Lipinski definition) is 3. The van der Waals surface area contributed by atoms with Crippen LogP contribution in [-0.4, -0.2) is 43.6 Å². The Labute approximate surface area is 103 Å². The van der Waals surface area contributed by atoms with Crippen molar-refractivity contribution < 1.29 is 14.9 Å². The molecule has 0 saturated carbocycles. The zero-order valence-corrected chi connectivity index (χ0v) is 9.60. The fourth-order valence-electron chi connectivity index (χ4n) is 2.29. The molecule has 3 rings (SSSR count). The van der Waals surface area contributed by atoms with E-state index in [4.69, 9.17) is 15.6 Å². The van der Waals surface area contributed by atoms with Gasteiger partial charge in [-0.2, -0.15) is 0 Å². The summed E-state index contributed by atoms with van der Waals surface area (Å²) in [6.07, 6.45) is 1.97. The van der Waals surface area contributed by atoms with Gasteiger partial charge in [0.15, 0.2) is 6.23 Å². The van der Waals surface area contributed by atoms with Crippen molar-refractivity contribution in [2.45, 2.75) is 24.9 Å². The van der Waals surface area contributed by atoms with Crippen molar-refractivity contribution in [3.63, 3.8) is 0 Å². The minimum absolute atomic E-state index is 0.107. The van der Waals surface area contributed by atoms with Crippen LogP contribution in [0.5, 0.6) is 0 Å². The predicted octanol–water partition coefficient (Wildman–Crippen LogP) is -0.346. The Hall–Kier alpha value is -1.70. The summed E-state index contributed by atoms with van der Waals surface area (Å²) in [6.45, 7) is -0.107. The van der Waals surface area contributed by atoms with Crippen molar-refractivity contribution in [3.8, 4) is 0 Å². The molecule has 1 aliphatic heterocycles. The molecular formula is C11H14N4O3. The molecule has 3 atom stereocenters. The Morgan fingerprint density at radius 3 is 3.06 bits per heavy atom. The molecule has 2 aromatic heterocycles. The Balaban J connectivity index is 2.02. The van der Waals surface area contributed by atoms with E-state index in [1.807, 2.05) is 0 Å². The van der Waals surface area contributed by atoms with E-state index in [2.05, 4.69) is 9.97 Å². The van der Waals surface area contributed by atoms with Gasteiger partial charge < -0.3 is 25.3 Å². The van der Waals surface area contributed by atoms with Gasteiger partial charge in [0, 0.05) is 12.6 Å². The Bertz CT molecular complexity index is 570. The topological polar surface area (TPSA) is 106 Å². The number of ether oxygens (including phenoxy) is 1. The van der Waals surface area contributed by atoms with E-state index in [1.165, 1.54) is 6.33 Å². The monoisotopic (exact) mass is 250 g/mol. The standard InChI is InChI=1S/C11H14N4O3/c12-9-7-1-2-15(10(7)14-5-13-9)11-8(17)3-6(4-16)18-11/h1-2,5-6,8,11,16-17H,3-4H2,(H2,12,13,14)/t6-,8-,11?/m0/s1. The minimum atomic E-state index is -0.672. The van der Waals surface area contributed by atoms with E-state index in [0.29, 0.717) is 17.9 Å². The molecule has 7 nitrogen and oxygen atoms in total. The summed E-state index contributed by atoms with van der Waals surface area (Å²) in [5.41, 5.74) is 6.36. The van der Waals surface area contributed by atoms with E-state index < -0.39 is 12.3 Å². The second-order valence-corrected chi connectivity index (χ2v) is 4.35. The number of aliphatic hydroxyl groups excluding tert-OH is 2. The predicted molar refractivity (Wildman–Crippen MR) is 63.6 cm³/mol. The van der Waals surface area contributed by atoms with Crippen LogP contribution in [0.1, 0.15) is 12.6 Å². The molecule has 2 aromatic rings. The largest absolute Gasteiger partial charge is 0.394 e. The smallest absolute Gasteiger partial charge is 0.161 e. The summed E-state index contributed by atoms with van der Waals surface area (Å²) >= 11 is 0. The number of hydrogen-bond acceptors (Lipinski definition) is 6. The molecule has 0 bridgehead atoms. The molecule has 7 heteroatoms. The third kappa shape index (κ3) is 1.64. The highest BCUT2D eigenvalue weighted by Crippen LogP contribution is 2.31. The van der Waals surface area contributed by atoms with Gasteiger partial charge in [0.1, 0.15) is 23.9 Å². The highest BCUT2D eigenvalue weighted by atomic mass is 16.5. The Morgan fingerprint density at radius 1 is 1.50 bits per heavy atom. The van der Waals surface area contributed by atoms with Gasteiger partial charge in [0.25, 0.3) is 0 Å². The average molecular weight is 250 g/mol. The van der Waals surface area contributed by atoms with Crippen LogP contribution in [0, 0.1) is 0 Å².